The molecule has 2 amide bonds. The van der Waals surface area contributed by atoms with Gasteiger partial charge in [0.05, 0.1) is 12.6 Å². The molecule has 4 rings (SSSR count). The predicted octanol–water partition coefficient (Wildman–Crippen LogP) is 2.04. The van der Waals surface area contributed by atoms with Gasteiger partial charge in [0.2, 0.25) is 10.0 Å². The molecule has 3 atom stereocenters. The molecule has 0 aromatic heterocycles. The standard InChI is InChI=1S/C19H27N3O4S/c1-13(2)9-22-12-19-11-21(10-15(26-19)8-17(19)27(22,24)25)18(23)20-16-7-5-4-6-14(16)3/h4-7,13,15,17H,8-12H2,1-3H3,(H,20,23)/t15-,17+,19+/m0/s1. The number of nitrogens with one attached hydrogen (secondary N) is 1. The molecule has 7 nitrogen and oxygen atoms in total. The zero-order valence-electron chi connectivity index (χ0n) is 16.0. The fourth-order valence-corrected chi connectivity index (χ4v) is 7.05. The first-order chi connectivity index (χ1) is 12.7. The number of carbonyl (C=O) groups excluding carboxylic acids is 1. The molecule has 0 radical (unpaired) electrons. The minimum absolute atomic E-state index is 0.197. The van der Waals surface area contributed by atoms with Crippen LogP contribution in [0.5, 0.6) is 0 Å². The average molecular weight is 394 g/mol. The average Bonchev–Trinajstić information content (AvgIpc) is 2.95. The van der Waals surface area contributed by atoms with Gasteiger partial charge in [-0.25, -0.2) is 13.2 Å². The molecular formula is C19H27N3O4S. The third kappa shape index (κ3) is 3.13. The Labute approximate surface area is 160 Å². The molecule has 1 N–H and O–H groups in total. The van der Waals surface area contributed by atoms with Crippen molar-refractivity contribution in [2.75, 3.05) is 31.5 Å². The first-order valence-corrected chi connectivity index (χ1v) is 11.0. The highest BCUT2D eigenvalue weighted by Gasteiger charge is 2.65. The van der Waals surface area contributed by atoms with Gasteiger partial charge >= 0.3 is 6.03 Å². The van der Waals surface area contributed by atoms with Crippen LogP contribution in [0.1, 0.15) is 25.8 Å². The lowest BCUT2D eigenvalue weighted by Gasteiger charge is -2.39. The van der Waals surface area contributed by atoms with E-state index in [4.69, 9.17) is 4.74 Å². The summed E-state index contributed by atoms with van der Waals surface area (Å²) in [6.45, 7) is 7.52. The van der Waals surface area contributed by atoms with Crippen LogP contribution in [0.2, 0.25) is 0 Å². The maximum Gasteiger partial charge on any atom is 0.322 e. The number of benzene rings is 1. The number of sulfonamides is 1. The van der Waals surface area contributed by atoms with Crippen LogP contribution in [0.3, 0.4) is 0 Å². The maximum absolute atomic E-state index is 13.0. The number of anilines is 1. The van der Waals surface area contributed by atoms with Crippen LogP contribution in [-0.4, -0.2) is 66.8 Å². The van der Waals surface area contributed by atoms with Gasteiger partial charge in [-0.15, -0.1) is 0 Å². The Kier molecular flexibility index (Phi) is 4.48. The van der Waals surface area contributed by atoms with Gasteiger partial charge in [0.15, 0.2) is 0 Å². The fraction of sp³-hybridized carbons (Fsp3) is 0.632. The van der Waals surface area contributed by atoms with Crippen molar-refractivity contribution in [1.82, 2.24) is 9.21 Å². The smallest absolute Gasteiger partial charge is 0.322 e. The number of urea groups is 1. The van der Waals surface area contributed by atoms with E-state index < -0.39 is 20.9 Å². The van der Waals surface area contributed by atoms with Crippen molar-refractivity contribution < 1.29 is 17.9 Å². The van der Waals surface area contributed by atoms with Gasteiger partial charge in [0, 0.05) is 25.3 Å². The number of nitrogens with zero attached hydrogens (tertiary/aromatic N) is 2. The molecule has 1 spiro atoms. The lowest BCUT2D eigenvalue weighted by molar-refractivity contribution is -0.0946. The maximum atomic E-state index is 13.0. The van der Waals surface area contributed by atoms with Crippen molar-refractivity contribution in [1.29, 1.82) is 0 Å². The molecule has 3 aliphatic heterocycles. The first kappa shape index (κ1) is 18.7. The van der Waals surface area contributed by atoms with Gasteiger partial charge in [-0.2, -0.15) is 4.31 Å². The third-order valence-electron chi connectivity index (χ3n) is 5.75. The summed E-state index contributed by atoms with van der Waals surface area (Å²) >= 11 is 0. The topological polar surface area (TPSA) is 79.0 Å². The molecule has 1 aromatic rings. The van der Waals surface area contributed by atoms with Crippen molar-refractivity contribution in [2.45, 2.75) is 44.1 Å². The van der Waals surface area contributed by atoms with Gasteiger partial charge in [-0.3, -0.25) is 0 Å². The molecule has 27 heavy (non-hydrogen) atoms. The molecule has 3 fully saturated rings. The normalized spacial score (nSPS) is 31.9. The highest BCUT2D eigenvalue weighted by atomic mass is 32.2. The Balaban J connectivity index is 1.54. The number of likely N-dealkylation sites (tertiary alicyclic amines) is 1. The van der Waals surface area contributed by atoms with E-state index >= 15 is 0 Å². The number of para-hydroxylation sites is 1. The Bertz CT molecular complexity index is 856. The van der Waals surface area contributed by atoms with Crippen LogP contribution in [-0.2, 0) is 14.8 Å². The van der Waals surface area contributed by atoms with E-state index in [-0.39, 0.29) is 18.1 Å². The molecule has 3 saturated heterocycles. The summed E-state index contributed by atoms with van der Waals surface area (Å²) in [5.41, 5.74) is 0.959. The summed E-state index contributed by atoms with van der Waals surface area (Å²) in [4.78, 5) is 14.6. The Morgan fingerprint density at radius 3 is 2.78 bits per heavy atom. The SMILES string of the molecule is Cc1ccccc1NC(=O)N1C[C@@H]2C[C@@H]3[C@@](C1)(CN(CC(C)C)S3(=O)=O)O2. The Morgan fingerprint density at radius 1 is 1.33 bits per heavy atom. The van der Waals surface area contributed by atoms with Crippen LogP contribution in [0.4, 0.5) is 10.5 Å². The van der Waals surface area contributed by atoms with Crippen molar-refractivity contribution >= 4 is 21.7 Å². The second kappa shape index (κ2) is 6.46. The van der Waals surface area contributed by atoms with Crippen molar-refractivity contribution in [3.8, 4) is 0 Å². The van der Waals surface area contributed by atoms with E-state index in [1.807, 2.05) is 45.0 Å². The minimum Gasteiger partial charge on any atom is -0.365 e. The molecule has 148 valence electrons. The molecule has 8 heteroatoms. The molecule has 1 aromatic carbocycles. The van der Waals surface area contributed by atoms with Gasteiger partial charge < -0.3 is 15.0 Å². The predicted molar refractivity (Wildman–Crippen MR) is 103 cm³/mol. The van der Waals surface area contributed by atoms with E-state index in [2.05, 4.69) is 5.32 Å². The lowest BCUT2D eigenvalue weighted by atomic mass is 9.99. The van der Waals surface area contributed by atoms with Gasteiger partial charge in [-0.1, -0.05) is 32.0 Å². The number of carbonyl (C=O) groups is 1. The number of hydrogen-bond donors (Lipinski definition) is 1. The number of aryl methyl sites for hydroxylation is 1. The molecule has 2 bridgehead atoms. The minimum atomic E-state index is -3.39. The second-order valence-corrected chi connectivity index (χ2v) is 10.5. The summed E-state index contributed by atoms with van der Waals surface area (Å²) in [5.74, 6) is 0.245. The molecule has 3 heterocycles. The van der Waals surface area contributed by atoms with E-state index in [1.54, 1.807) is 9.21 Å². The largest absolute Gasteiger partial charge is 0.365 e. The zero-order chi connectivity index (χ0) is 19.4. The number of fused-ring (bicyclic) bond motifs is 1. The molecule has 3 aliphatic rings. The highest BCUT2D eigenvalue weighted by Crippen LogP contribution is 2.46. The fourth-order valence-electron chi connectivity index (χ4n) is 4.58. The lowest BCUT2D eigenvalue weighted by Crippen LogP contribution is -2.57. The van der Waals surface area contributed by atoms with Crippen molar-refractivity contribution in [3.05, 3.63) is 29.8 Å². The van der Waals surface area contributed by atoms with Gasteiger partial charge in [0.1, 0.15) is 10.9 Å². The molecule has 0 aliphatic carbocycles. The quantitative estimate of drug-likeness (QED) is 0.852. The van der Waals surface area contributed by atoms with Crippen LogP contribution in [0.15, 0.2) is 24.3 Å². The number of hydrogen-bond acceptors (Lipinski definition) is 4. The zero-order valence-corrected chi connectivity index (χ0v) is 16.8. The van der Waals surface area contributed by atoms with Crippen LogP contribution in [0.25, 0.3) is 0 Å². The van der Waals surface area contributed by atoms with Crippen LogP contribution >= 0.6 is 0 Å². The number of morpholine rings is 1. The first-order valence-electron chi connectivity index (χ1n) is 9.49. The number of amides is 2. The monoisotopic (exact) mass is 393 g/mol. The Morgan fingerprint density at radius 2 is 2.07 bits per heavy atom. The van der Waals surface area contributed by atoms with Gasteiger partial charge in [0.25, 0.3) is 0 Å². The van der Waals surface area contributed by atoms with E-state index in [0.29, 0.717) is 32.6 Å². The van der Waals surface area contributed by atoms with E-state index in [0.717, 1.165) is 11.3 Å². The summed E-state index contributed by atoms with van der Waals surface area (Å²) < 4.78 is 33.7. The molecular weight excluding hydrogens is 366 g/mol. The number of rotatable bonds is 3. The Hall–Kier alpha value is -1.64. The van der Waals surface area contributed by atoms with E-state index in [9.17, 15) is 13.2 Å². The summed E-state index contributed by atoms with van der Waals surface area (Å²) in [7, 11) is -3.39. The second-order valence-electron chi connectivity index (χ2n) is 8.39. The van der Waals surface area contributed by atoms with Crippen molar-refractivity contribution in [3.63, 3.8) is 0 Å². The van der Waals surface area contributed by atoms with E-state index in [1.165, 1.54) is 0 Å². The molecule has 0 unspecified atom stereocenters. The third-order valence-corrected chi connectivity index (χ3v) is 8.09. The van der Waals surface area contributed by atoms with Crippen molar-refractivity contribution in [2.24, 2.45) is 5.92 Å². The molecule has 0 saturated carbocycles. The van der Waals surface area contributed by atoms with Gasteiger partial charge in [-0.05, 0) is 30.9 Å². The van der Waals surface area contributed by atoms with Crippen LogP contribution < -0.4 is 5.32 Å². The summed E-state index contributed by atoms with van der Waals surface area (Å²) in [5, 5.41) is 2.41. The number of ether oxygens (including phenoxy) is 1. The van der Waals surface area contributed by atoms with Crippen LogP contribution in [0, 0.1) is 12.8 Å². The highest BCUT2D eigenvalue weighted by molar-refractivity contribution is 7.90. The summed E-state index contributed by atoms with van der Waals surface area (Å²) in [6.07, 6.45) is 0.243. The summed E-state index contributed by atoms with van der Waals surface area (Å²) in [6, 6.07) is 7.43.